The molecule has 1 heterocycles. The summed E-state index contributed by atoms with van der Waals surface area (Å²) < 4.78 is 10.9. The largest absolute Gasteiger partial charge is 0.484 e. The van der Waals surface area contributed by atoms with Crippen LogP contribution in [0.3, 0.4) is 0 Å². The highest BCUT2D eigenvalue weighted by Gasteiger charge is 2.17. The topological polar surface area (TPSA) is 94.3 Å². The third kappa shape index (κ3) is 6.66. The molecule has 0 N–H and O–H groups in total. The van der Waals surface area contributed by atoms with E-state index in [1.165, 1.54) is 23.9 Å². The summed E-state index contributed by atoms with van der Waals surface area (Å²) in [5.74, 6) is 0.593. The molecule has 0 aromatic heterocycles. The smallest absolute Gasteiger partial charge is 0.269 e. The van der Waals surface area contributed by atoms with Gasteiger partial charge in [0, 0.05) is 41.2 Å². The van der Waals surface area contributed by atoms with Gasteiger partial charge in [0.2, 0.25) is 0 Å². The van der Waals surface area contributed by atoms with Gasteiger partial charge in [0.05, 0.1) is 23.8 Å². The van der Waals surface area contributed by atoms with E-state index in [1.54, 1.807) is 23.2 Å². The summed E-state index contributed by atoms with van der Waals surface area (Å²) in [7, 11) is 0. The number of hydrogen-bond acceptors (Lipinski definition) is 7. The summed E-state index contributed by atoms with van der Waals surface area (Å²) in [6.07, 6.45) is 1.77. The summed E-state index contributed by atoms with van der Waals surface area (Å²) in [5.41, 5.74) is 1.80. The van der Waals surface area contributed by atoms with Gasteiger partial charge in [0.1, 0.15) is 5.75 Å². The first kappa shape index (κ1) is 23.5. The Morgan fingerprint density at radius 2 is 1.62 bits per heavy atom. The van der Waals surface area contributed by atoms with Crippen LogP contribution in [0.25, 0.3) is 0 Å². The molecule has 0 atom stereocenters. The zero-order valence-electron chi connectivity index (χ0n) is 18.3. The number of nitro benzene ring substituents is 1. The monoisotopic (exact) mass is 477 g/mol. The highest BCUT2D eigenvalue weighted by Crippen LogP contribution is 2.30. The van der Waals surface area contributed by atoms with Crippen LogP contribution in [0, 0.1) is 10.1 Å². The van der Waals surface area contributed by atoms with E-state index in [2.05, 4.69) is 4.99 Å². The van der Waals surface area contributed by atoms with Crippen LogP contribution in [0.5, 0.6) is 5.75 Å². The molecule has 4 rings (SSSR count). The number of nitrogens with zero attached hydrogens (tertiary/aromatic N) is 3. The number of ether oxygens (including phenoxy) is 2. The molecule has 0 spiro atoms. The van der Waals surface area contributed by atoms with Crippen LogP contribution in [0.2, 0.25) is 0 Å². The lowest BCUT2D eigenvalue weighted by Crippen LogP contribution is -2.42. The van der Waals surface area contributed by atoms with Crippen molar-refractivity contribution in [2.45, 2.75) is 9.79 Å². The Labute approximate surface area is 201 Å². The second-order valence-corrected chi connectivity index (χ2v) is 8.60. The summed E-state index contributed by atoms with van der Waals surface area (Å²) >= 11 is 1.53. The van der Waals surface area contributed by atoms with E-state index in [0.717, 1.165) is 21.0 Å². The molecule has 174 valence electrons. The molecule has 1 fully saturated rings. The third-order valence-corrected chi connectivity index (χ3v) is 6.10. The van der Waals surface area contributed by atoms with E-state index in [9.17, 15) is 14.9 Å². The van der Waals surface area contributed by atoms with Crippen LogP contribution in [-0.2, 0) is 9.53 Å². The van der Waals surface area contributed by atoms with Crippen molar-refractivity contribution in [1.29, 1.82) is 0 Å². The molecule has 1 aliphatic heterocycles. The number of nitro groups is 1. The van der Waals surface area contributed by atoms with Crippen molar-refractivity contribution in [2.75, 3.05) is 32.9 Å². The molecule has 3 aromatic carbocycles. The lowest BCUT2D eigenvalue weighted by atomic mass is 10.2. The van der Waals surface area contributed by atoms with E-state index >= 15 is 0 Å². The number of hydrogen-bond donors (Lipinski definition) is 0. The van der Waals surface area contributed by atoms with Crippen molar-refractivity contribution in [2.24, 2.45) is 4.99 Å². The van der Waals surface area contributed by atoms with Gasteiger partial charge in [-0.25, -0.2) is 0 Å². The van der Waals surface area contributed by atoms with E-state index in [-0.39, 0.29) is 18.2 Å². The zero-order chi connectivity index (χ0) is 23.8. The minimum absolute atomic E-state index is 0.0116. The highest BCUT2D eigenvalue weighted by atomic mass is 32.2. The Bertz CT molecular complexity index is 1140. The molecular formula is C25H23N3O5S. The average molecular weight is 478 g/mol. The lowest BCUT2D eigenvalue weighted by Gasteiger charge is -2.26. The second kappa shape index (κ2) is 11.4. The predicted molar refractivity (Wildman–Crippen MR) is 130 cm³/mol. The maximum absolute atomic E-state index is 12.2. The summed E-state index contributed by atoms with van der Waals surface area (Å²) in [4.78, 5) is 30.7. The van der Waals surface area contributed by atoms with Gasteiger partial charge in [-0.3, -0.25) is 19.9 Å². The minimum Gasteiger partial charge on any atom is -0.484 e. The molecule has 0 radical (unpaired) electrons. The van der Waals surface area contributed by atoms with Gasteiger partial charge >= 0.3 is 0 Å². The van der Waals surface area contributed by atoms with Crippen molar-refractivity contribution >= 4 is 35.3 Å². The van der Waals surface area contributed by atoms with Gasteiger partial charge in [-0.1, -0.05) is 11.8 Å². The molecule has 1 saturated heterocycles. The van der Waals surface area contributed by atoms with Crippen LogP contribution in [0.1, 0.15) is 5.56 Å². The fraction of sp³-hybridized carbons (Fsp3) is 0.200. The number of aliphatic imine (C=N–C) groups is 1. The molecule has 0 aliphatic carbocycles. The van der Waals surface area contributed by atoms with Crippen LogP contribution < -0.4 is 4.74 Å². The molecular weight excluding hydrogens is 454 g/mol. The highest BCUT2D eigenvalue weighted by molar-refractivity contribution is 7.99. The summed E-state index contributed by atoms with van der Waals surface area (Å²) in [6, 6.07) is 21.6. The van der Waals surface area contributed by atoms with Crippen molar-refractivity contribution in [3.8, 4) is 5.75 Å². The Balaban J connectivity index is 1.27. The van der Waals surface area contributed by atoms with Gasteiger partial charge in [0.25, 0.3) is 11.6 Å². The number of carbonyl (C=O) groups is 1. The molecule has 1 aliphatic rings. The Hall–Kier alpha value is -3.69. The normalized spacial score (nSPS) is 13.7. The van der Waals surface area contributed by atoms with Crippen molar-refractivity contribution in [1.82, 2.24) is 4.90 Å². The van der Waals surface area contributed by atoms with Gasteiger partial charge < -0.3 is 14.4 Å². The molecule has 0 saturated carbocycles. The molecule has 34 heavy (non-hydrogen) atoms. The van der Waals surface area contributed by atoms with E-state index in [1.807, 2.05) is 48.5 Å². The molecule has 8 nitrogen and oxygen atoms in total. The Morgan fingerprint density at radius 3 is 2.24 bits per heavy atom. The van der Waals surface area contributed by atoms with Crippen molar-refractivity contribution in [3.05, 3.63) is 88.5 Å². The first-order valence-corrected chi connectivity index (χ1v) is 11.5. The minimum atomic E-state index is -0.407. The number of benzene rings is 3. The molecule has 0 bridgehead atoms. The third-order valence-electron chi connectivity index (χ3n) is 5.09. The molecule has 0 unspecified atom stereocenters. The summed E-state index contributed by atoms with van der Waals surface area (Å²) in [6.45, 7) is 2.36. The van der Waals surface area contributed by atoms with Crippen LogP contribution >= 0.6 is 11.8 Å². The molecule has 9 heteroatoms. The maximum Gasteiger partial charge on any atom is 0.269 e. The van der Waals surface area contributed by atoms with Gasteiger partial charge in [0.15, 0.2) is 6.61 Å². The van der Waals surface area contributed by atoms with Gasteiger partial charge in [-0.05, 0) is 66.2 Å². The SMILES string of the molecule is O=C(COc1ccc(C=Nc2ccc(Sc3ccc([N+](=O)[O-])cc3)cc2)cc1)N1CCOCC1. The van der Waals surface area contributed by atoms with Crippen LogP contribution in [0.4, 0.5) is 11.4 Å². The van der Waals surface area contributed by atoms with Crippen LogP contribution in [-0.4, -0.2) is 54.9 Å². The standard InChI is InChI=1S/C25H23N3O5S/c29-25(27-13-15-32-16-14-27)18-33-22-7-1-19(2-8-22)17-26-20-3-9-23(10-4-20)34-24-11-5-21(6-12-24)28(30)31/h1-12,17H,13-16,18H2. The second-order valence-electron chi connectivity index (χ2n) is 7.46. The van der Waals surface area contributed by atoms with Crippen molar-refractivity contribution in [3.63, 3.8) is 0 Å². The number of carbonyl (C=O) groups excluding carboxylic acids is 1. The fourth-order valence-corrected chi connectivity index (χ4v) is 4.04. The predicted octanol–water partition coefficient (Wildman–Crippen LogP) is 4.73. The number of amides is 1. The number of morpholine rings is 1. The Morgan fingerprint density at radius 1 is 1.00 bits per heavy atom. The van der Waals surface area contributed by atoms with Gasteiger partial charge in [-0.2, -0.15) is 0 Å². The maximum atomic E-state index is 12.2. The molecule has 3 aromatic rings. The van der Waals surface area contributed by atoms with Crippen LogP contribution in [0.15, 0.2) is 87.6 Å². The number of non-ortho nitro benzene ring substituents is 1. The number of rotatable bonds is 8. The van der Waals surface area contributed by atoms with E-state index in [0.29, 0.717) is 32.1 Å². The van der Waals surface area contributed by atoms with E-state index in [4.69, 9.17) is 9.47 Å². The van der Waals surface area contributed by atoms with E-state index < -0.39 is 4.92 Å². The molecule has 1 amide bonds. The first-order valence-electron chi connectivity index (χ1n) is 10.7. The lowest BCUT2D eigenvalue weighted by molar-refractivity contribution is -0.384. The first-order chi connectivity index (χ1) is 16.6. The zero-order valence-corrected chi connectivity index (χ0v) is 19.1. The average Bonchev–Trinajstić information content (AvgIpc) is 2.88. The quantitative estimate of drug-likeness (QED) is 0.264. The Kier molecular flexibility index (Phi) is 7.90. The summed E-state index contributed by atoms with van der Waals surface area (Å²) in [5, 5.41) is 10.8. The van der Waals surface area contributed by atoms with Crippen molar-refractivity contribution < 1.29 is 19.2 Å². The fourth-order valence-electron chi connectivity index (χ4n) is 3.22. The van der Waals surface area contributed by atoms with Gasteiger partial charge in [-0.15, -0.1) is 0 Å².